The van der Waals surface area contributed by atoms with Crippen molar-refractivity contribution in [1.82, 2.24) is 4.57 Å². The lowest BCUT2D eigenvalue weighted by Gasteiger charge is -2.12. The number of benzene rings is 2. The monoisotopic (exact) mass is 385 g/mol. The number of hydrogen-bond acceptors (Lipinski definition) is 6. The van der Waals surface area contributed by atoms with Gasteiger partial charge in [0.2, 0.25) is 0 Å². The molecule has 148 valence electrons. The summed E-state index contributed by atoms with van der Waals surface area (Å²) in [6, 6.07) is 12.5. The van der Waals surface area contributed by atoms with E-state index in [1.807, 2.05) is 19.1 Å². The van der Waals surface area contributed by atoms with Crippen LogP contribution in [-0.2, 0) is 22.7 Å². The smallest absolute Gasteiger partial charge is 0.419 e. The summed E-state index contributed by atoms with van der Waals surface area (Å²) in [5, 5.41) is 0. The third kappa shape index (κ3) is 4.54. The van der Waals surface area contributed by atoms with Gasteiger partial charge in [0, 0.05) is 6.54 Å². The maximum absolute atomic E-state index is 12.1. The molecule has 0 amide bonds. The molecular weight excluding hydrogens is 362 g/mol. The van der Waals surface area contributed by atoms with Crippen LogP contribution in [0.4, 0.5) is 0 Å². The summed E-state index contributed by atoms with van der Waals surface area (Å²) in [5.74, 6) is 0.368. The molecule has 0 N–H and O–H groups in total. The molecule has 0 saturated heterocycles. The number of oxazole rings is 1. The van der Waals surface area contributed by atoms with E-state index < -0.39 is 11.7 Å². The van der Waals surface area contributed by atoms with Crippen molar-refractivity contribution in [2.75, 3.05) is 13.7 Å². The lowest BCUT2D eigenvalue weighted by atomic mass is 10.2. The first-order chi connectivity index (χ1) is 13.6. The van der Waals surface area contributed by atoms with Crippen LogP contribution in [0.15, 0.2) is 51.7 Å². The van der Waals surface area contributed by atoms with Crippen molar-refractivity contribution in [3.8, 4) is 11.5 Å². The number of aryl methyl sites for hydroxylation is 1. The number of carbonyl (C=O) groups is 1. The van der Waals surface area contributed by atoms with Crippen LogP contribution in [0.2, 0.25) is 0 Å². The number of hydrogen-bond donors (Lipinski definition) is 0. The van der Waals surface area contributed by atoms with Crippen molar-refractivity contribution >= 4 is 17.1 Å². The largest absolute Gasteiger partial charge is 0.493 e. The molecule has 3 aromatic rings. The number of carbonyl (C=O) groups excluding carboxylic acids is 1. The zero-order valence-corrected chi connectivity index (χ0v) is 16.0. The highest BCUT2D eigenvalue weighted by molar-refractivity contribution is 5.73. The number of rotatable bonds is 9. The molecule has 0 unspecified atom stereocenters. The van der Waals surface area contributed by atoms with E-state index in [0.717, 1.165) is 12.0 Å². The molecule has 1 heterocycles. The Bertz CT molecular complexity index is 1000. The minimum atomic E-state index is -0.485. The van der Waals surface area contributed by atoms with Gasteiger partial charge in [0.25, 0.3) is 0 Å². The van der Waals surface area contributed by atoms with Gasteiger partial charge in [0.1, 0.15) is 6.61 Å². The van der Waals surface area contributed by atoms with E-state index in [9.17, 15) is 9.59 Å². The quantitative estimate of drug-likeness (QED) is 0.524. The van der Waals surface area contributed by atoms with E-state index in [-0.39, 0.29) is 19.6 Å². The van der Waals surface area contributed by atoms with E-state index in [1.165, 1.54) is 4.57 Å². The van der Waals surface area contributed by atoms with Crippen LogP contribution in [0, 0.1) is 0 Å². The van der Waals surface area contributed by atoms with Gasteiger partial charge in [0.05, 0.1) is 25.7 Å². The Morgan fingerprint density at radius 1 is 1.14 bits per heavy atom. The highest BCUT2D eigenvalue weighted by Gasteiger charge is 2.12. The predicted molar refractivity (Wildman–Crippen MR) is 104 cm³/mol. The molecule has 0 aliphatic heterocycles. The average molecular weight is 385 g/mol. The molecule has 7 heteroatoms. The van der Waals surface area contributed by atoms with Gasteiger partial charge in [-0.3, -0.25) is 9.36 Å². The summed E-state index contributed by atoms with van der Waals surface area (Å²) in [6.07, 6.45) is 0.968. The second-order valence-electron chi connectivity index (χ2n) is 6.23. The van der Waals surface area contributed by atoms with Gasteiger partial charge in [-0.25, -0.2) is 4.79 Å². The number of para-hydroxylation sites is 2. The van der Waals surface area contributed by atoms with Gasteiger partial charge < -0.3 is 18.6 Å². The van der Waals surface area contributed by atoms with Gasteiger partial charge >= 0.3 is 11.7 Å². The van der Waals surface area contributed by atoms with Gasteiger partial charge in [-0.05, 0) is 36.2 Å². The minimum absolute atomic E-state index is 0.0677. The number of fused-ring (bicyclic) bond motifs is 1. The number of aromatic nitrogens is 1. The molecule has 0 radical (unpaired) electrons. The third-order valence-electron chi connectivity index (χ3n) is 4.20. The third-order valence-corrected chi connectivity index (χ3v) is 4.20. The molecule has 0 aliphatic carbocycles. The van der Waals surface area contributed by atoms with Crippen LogP contribution >= 0.6 is 0 Å². The zero-order valence-electron chi connectivity index (χ0n) is 16.0. The molecule has 0 atom stereocenters. The van der Waals surface area contributed by atoms with Gasteiger partial charge in [-0.15, -0.1) is 0 Å². The average Bonchev–Trinajstić information content (AvgIpc) is 3.04. The second-order valence-corrected chi connectivity index (χ2v) is 6.23. The van der Waals surface area contributed by atoms with E-state index in [0.29, 0.717) is 29.2 Å². The fourth-order valence-electron chi connectivity index (χ4n) is 2.80. The number of nitrogens with zero attached hydrogens (tertiary/aromatic N) is 1. The molecule has 0 spiro atoms. The van der Waals surface area contributed by atoms with Crippen molar-refractivity contribution in [2.24, 2.45) is 0 Å². The topological polar surface area (TPSA) is 79.9 Å². The molecule has 3 rings (SSSR count). The summed E-state index contributed by atoms with van der Waals surface area (Å²) in [5.41, 5.74) is 1.95. The Labute approximate surface area is 162 Å². The standard InChI is InChI=1S/C21H23NO6/c1-3-12-26-18-9-8-15(13-19(18)25-2)14-27-20(23)10-11-22-16-6-4-5-7-17(16)28-21(22)24/h4-9,13H,3,10-12,14H2,1-2H3. The molecule has 7 nitrogen and oxygen atoms in total. The van der Waals surface area contributed by atoms with Crippen LogP contribution in [0.25, 0.3) is 11.1 Å². The molecule has 0 fully saturated rings. The van der Waals surface area contributed by atoms with E-state index in [4.69, 9.17) is 18.6 Å². The number of ether oxygens (including phenoxy) is 3. The second kappa shape index (κ2) is 9.12. The summed E-state index contributed by atoms with van der Waals surface area (Å²) in [6.45, 7) is 2.94. The van der Waals surface area contributed by atoms with Crippen molar-refractivity contribution in [3.05, 3.63) is 58.6 Å². The Morgan fingerprint density at radius 2 is 1.96 bits per heavy atom. The number of methoxy groups -OCH3 is 1. The lowest BCUT2D eigenvalue weighted by molar-refractivity contribution is -0.145. The summed E-state index contributed by atoms with van der Waals surface area (Å²) in [7, 11) is 1.57. The Balaban J connectivity index is 1.57. The SMILES string of the molecule is CCCOc1ccc(COC(=O)CCn2c(=O)oc3ccccc32)cc1OC. The normalized spacial score (nSPS) is 10.8. The van der Waals surface area contributed by atoms with Crippen LogP contribution < -0.4 is 15.2 Å². The fraction of sp³-hybridized carbons (Fsp3) is 0.333. The van der Waals surface area contributed by atoms with Crippen LogP contribution in [0.5, 0.6) is 11.5 Å². The van der Waals surface area contributed by atoms with Crippen LogP contribution in [-0.4, -0.2) is 24.3 Å². The Morgan fingerprint density at radius 3 is 2.75 bits per heavy atom. The summed E-state index contributed by atoms with van der Waals surface area (Å²) >= 11 is 0. The van der Waals surface area contributed by atoms with E-state index >= 15 is 0 Å². The predicted octanol–water partition coefficient (Wildman–Crippen LogP) is 3.53. The first-order valence-electron chi connectivity index (χ1n) is 9.16. The molecule has 2 aromatic carbocycles. The highest BCUT2D eigenvalue weighted by Crippen LogP contribution is 2.28. The summed E-state index contributed by atoms with van der Waals surface area (Å²) in [4.78, 5) is 24.0. The van der Waals surface area contributed by atoms with Crippen molar-refractivity contribution < 1.29 is 23.4 Å². The van der Waals surface area contributed by atoms with Gasteiger partial charge in [-0.1, -0.05) is 25.1 Å². The molecule has 28 heavy (non-hydrogen) atoms. The van der Waals surface area contributed by atoms with E-state index in [2.05, 4.69) is 0 Å². The molecular formula is C21H23NO6. The van der Waals surface area contributed by atoms with Crippen molar-refractivity contribution in [1.29, 1.82) is 0 Å². The Kier molecular flexibility index (Phi) is 6.37. The molecule has 0 aliphatic rings. The first-order valence-corrected chi connectivity index (χ1v) is 9.16. The maximum Gasteiger partial charge on any atom is 0.419 e. The number of esters is 1. The Hall–Kier alpha value is -3.22. The molecule has 0 saturated carbocycles. The van der Waals surface area contributed by atoms with Crippen molar-refractivity contribution in [3.63, 3.8) is 0 Å². The maximum atomic E-state index is 12.1. The lowest BCUT2D eigenvalue weighted by Crippen LogP contribution is -2.17. The fourth-order valence-corrected chi connectivity index (χ4v) is 2.80. The van der Waals surface area contributed by atoms with Gasteiger partial charge in [-0.2, -0.15) is 0 Å². The van der Waals surface area contributed by atoms with Crippen LogP contribution in [0.1, 0.15) is 25.3 Å². The highest BCUT2D eigenvalue weighted by atomic mass is 16.5. The summed E-state index contributed by atoms with van der Waals surface area (Å²) < 4.78 is 22.8. The minimum Gasteiger partial charge on any atom is -0.493 e. The van der Waals surface area contributed by atoms with Crippen LogP contribution in [0.3, 0.4) is 0 Å². The first kappa shape index (κ1) is 19.5. The van der Waals surface area contributed by atoms with E-state index in [1.54, 1.807) is 37.4 Å². The van der Waals surface area contributed by atoms with Gasteiger partial charge in [0.15, 0.2) is 17.1 Å². The molecule has 1 aromatic heterocycles. The molecule has 0 bridgehead atoms. The zero-order chi connectivity index (χ0) is 19.9. The van der Waals surface area contributed by atoms with Crippen molar-refractivity contribution in [2.45, 2.75) is 32.9 Å².